The Morgan fingerprint density at radius 1 is 1.33 bits per heavy atom. The maximum atomic E-state index is 12.8. The highest BCUT2D eigenvalue weighted by molar-refractivity contribution is 5.45. The van der Waals surface area contributed by atoms with E-state index in [-0.39, 0.29) is 11.1 Å². The molecule has 66 valence electrons. The van der Waals surface area contributed by atoms with Gasteiger partial charge in [-0.25, -0.2) is 0 Å². The minimum atomic E-state index is -1.08. The molecule has 1 rings (SSSR count). The van der Waals surface area contributed by atoms with Gasteiger partial charge < -0.3 is 15.3 Å². The molecule has 0 unspecified atom stereocenters. The molecule has 4 heteroatoms. The Morgan fingerprint density at radius 3 is 2.42 bits per heavy atom. The van der Waals surface area contributed by atoms with Crippen LogP contribution < -0.4 is 0 Å². The van der Waals surface area contributed by atoms with Crippen molar-refractivity contribution < 1.29 is 19.7 Å². The number of rotatable bonds is 1. The van der Waals surface area contributed by atoms with Crippen molar-refractivity contribution in [3.8, 4) is 11.5 Å². The zero-order valence-electron chi connectivity index (χ0n) is 6.50. The molecule has 1 aromatic carbocycles. The maximum Gasteiger partial charge on any atom is 0.206 e. The van der Waals surface area contributed by atoms with Crippen LogP contribution in [0, 0.1) is 12.7 Å². The van der Waals surface area contributed by atoms with Crippen LogP contribution in [-0.4, -0.2) is 15.3 Å². The molecule has 0 radical (unpaired) electrons. The SMILES string of the molecule is Cc1cc(CO)c(O)c(F)c1O. The lowest BCUT2D eigenvalue weighted by Gasteiger charge is -2.06. The van der Waals surface area contributed by atoms with Crippen LogP contribution in [0.25, 0.3) is 0 Å². The fourth-order valence-electron chi connectivity index (χ4n) is 0.945. The van der Waals surface area contributed by atoms with Crippen LogP contribution >= 0.6 is 0 Å². The number of aromatic hydroxyl groups is 2. The van der Waals surface area contributed by atoms with Gasteiger partial charge in [-0.15, -0.1) is 0 Å². The summed E-state index contributed by atoms with van der Waals surface area (Å²) in [7, 11) is 0. The summed E-state index contributed by atoms with van der Waals surface area (Å²) in [4.78, 5) is 0. The van der Waals surface area contributed by atoms with Gasteiger partial charge in [-0.3, -0.25) is 0 Å². The summed E-state index contributed by atoms with van der Waals surface area (Å²) < 4.78 is 12.8. The van der Waals surface area contributed by atoms with Gasteiger partial charge in [0.25, 0.3) is 0 Å². The first-order valence-corrected chi connectivity index (χ1v) is 3.38. The summed E-state index contributed by atoms with van der Waals surface area (Å²) in [5.41, 5.74) is 0.358. The highest BCUT2D eigenvalue weighted by Crippen LogP contribution is 2.31. The molecule has 0 bridgehead atoms. The Bertz CT molecular complexity index is 310. The molecule has 0 amide bonds. The van der Waals surface area contributed by atoms with E-state index in [1.54, 1.807) is 0 Å². The first-order chi connectivity index (χ1) is 5.57. The molecule has 3 nitrogen and oxygen atoms in total. The molecule has 0 aliphatic heterocycles. The molecule has 0 heterocycles. The zero-order chi connectivity index (χ0) is 9.30. The van der Waals surface area contributed by atoms with Gasteiger partial charge in [0.2, 0.25) is 5.82 Å². The largest absolute Gasteiger partial charge is 0.505 e. The molecule has 0 saturated carbocycles. The van der Waals surface area contributed by atoms with E-state index in [0.29, 0.717) is 0 Å². The van der Waals surface area contributed by atoms with Gasteiger partial charge in [-0.2, -0.15) is 4.39 Å². The third-order valence-corrected chi connectivity index (χ3v) is 1.65. The number of benzene rings is 1. The normalized spacial score (nSPS) is 10.2. The Morgan fingerprint density at radius 2 is 1.92 bits per heavy atom. The van der Waals surface area contributed by atoms with E-state index >= 15 is 0 Å². The second-order valence-corrected chi connectivity index (χ2v) is 2.52. The standard InChI is InChI=1S/C8H9FO3/c1-4-2-5(3-10)8(12)6(9)7(4)11/h2,10-12H,3H2,1H3. The van der Waals surface area contributed by atoms with Crippen LogP contribution in [0.4, 0.5) is 4.39 Å². The van der Waals surface area contributed by atoms with Gasteiger partial charge >= 0.3 is 0 Å². The average Bonchev–Trinajstić information content (AvgIpc) is 2.08. The monoisotopic (exact) mass is 172 g/mol. The molecule has 0 saturated heterocycles. The lowest BCUT2D eigenvalue weighted by Crippen LogP contribution is -1.91. The van der Waals surface area contributed by atoms with Crippen molar-refractivity contribution >= 4 is 0 Å². The summed E-state index contributed by atoms with van der Waals surface area (Å²) in [6, 6.07) is 1.33. The van der Waals surface area contributed by atoms with Crippen LogP contribution in [0.3, 0.4) is 0 Å². The van der Waals surface area contributed by atoms with E-state index in [0.717, 1.165) is 0 Å². The number of phenols is 2. The first-order valence-electron chi connectivity index (χ1n) is 3.38. The molecular weight excluding hydrogens is 163 g/mol. The predicted molar refractivity (Wildman–Crippen MR) is 40.4 cm³/mol. The lowest BCUT2D eigenvalue weighted by molar-refractivity contribution is 0.271. The van der Waals surface area contributed by atoms with Gasteiger partial charge in [0.05, 0.1) is 6.61 Å². The Labute approximate surface area is 68.7 Å². The molecule has 1 aromatic rings. The van der Waals surface area contributed by atoms with Gasteiger partial charge in [0.1, 0.15) is 0 Å². The van der Waals surface area contributed by atoms with Crippen LogP contribution in [0.15, 0.2) is 6.07 Å². The van der Waals surface area contributed by atoms with E-state index in [9.17, 15) is 4.39 Å². The van der Waals surface area contributed by atoms with Crippen molar-refractivity contribution in [1.29, 1.82) is 0 Å². The maximum absolute atomic E-state index is 12.8. The van der Waals surface area contributed by atoms with Gasteiger partial charge in [-0.1, -0.05) is 0 Å². The second-order valence-electron chi connectivity index (χ2n) is 2.52. The topological polar surface area (TPSA) is 60.7 Å². The van der Waals surface area contributed by atoms with Crippen molar-refractivity contribution in [2.45, 2.75) is 13.5 Å². The first kappa shape index (κ1) is 8.80. The Kier molecular flexibility index (Phi) is 2.19. The number of hydrogen-bond acceptors (Lipinski definition) is 3. The van der Waals surface area contributed by atoms with E-state index in [2.05, 4.69) is 0 Å². The molecule has 12 heavy (non-hydrogen) atoms. The molecular formula is C8H9FO3. The van der Waals surface area contributed by atoms with Crippen LogP contribution in [-0.2, 0) is 6.61 Å². The molecule has 3 N–H and O–H groups in total. The summed E-state index contributed by atoms with van der Waals surface area (Å²) in [6.07, 6.45) is 0. The minimum Gasteiger partial charge on any atom is -0.505 e. The summed E-state index contributed by atoms with van der Waals surface area (Å²) in [5.74, 6) is -2.36. The fraction of sp³-hybridized carbons (Fsp3) is 0.250. The number of phenolic OH excluding ortho intramolecular Hbond substituents is 1. The molecule has 0 aliphatic carbocycles. The third kappa shape index (κ3) is 1.21. The molecule has 0 fully saturated rings. The smallest absolute Gasteiger partial charge is 0.206 e. The van der Waals surface area contributed by atoms with Gasteiger partial charge in [0, 0.05) is 5.56 Å². The highest BCUT2D eigenvalue weighted by atomic mass is 19.1. The van der Waals surface area contributed by atoms with E-state index in [4.69, 9.17) is 15.3 Å². The molecule has 0 atom stereocenters. The quantitative estimate of drug-likeness (QED) is 0.593. The fourth-order valence-corrected chi connectivity index (χ4v) is 0.945. The lowest BCUT2D eigenvalue weighted by atomic mass is 10.1. The number of hydrogen-bond donors (Lipinski definition) is 3. The summed E-state index contributed by atoms with van der Waals surface area (Å²) >= 11 is 0. The number of aryl methyl sites for hydroxylation is 1. The highest BCUT2D eigenvalue weighted by Gasteiger charge is 2.13. The van der Waals surface area contributed by atoms with Crippen LogP contribution in [0.1, 0.15) is 11.1 Å². The van der Waals surface area contributed by atoms with Gasteiger partial charge in [-0.05, 0) is 18.6 Å². The Balaban J connectivity index is 3.39. The number of halogens is 1. The van der Waals surface area contributed by atoms with Crippen molar-refractivity contribution in [3.63, 3.8) is 0 Å². The van der Waals surface area contributed by atoms with Crippen molar-refractivity contribution in [2.75, 3.05) is 0 Å². The van der Waals surface area contributed by atoms with E-state index in [1.807, 2.05) is 0 Å². The Hall–Kier alpha value is -1.29. The van der Waals surface area contributed by atoms with Crippen LogP contribution in [0.2, 0.25) is 0 Å². The molecule has 0 spiro atoms. The predicted octanol–water partition coefficient (Wildman–Crippen LogP) is 1.04. The van der Waals surface area contributed by atoms with Crippen molar-refractivity contribution in [3.05, 3.63) is 23.0 Å². The minimum absolute atomic E-state index is 0.0720. The molecule has 0 aliphatic rings. The van der Waals surface area contributed by atoms with E-state index in [1.165, 1.54) is 13.0 Å². The molecule has 0 aromatic heterocycles. The second kappa shape index (κ2) is 2.98. The van der Waals surface area contributed by atoms with Gasteiger partial charge in [0.15, 0.2) is 11.5 Å². The zero-order valence-corrected chi connectivity index (χ0v) is 6.50. The number of aliphatic hydroxyl groups is 1. The van der Waals surface area contributed by atoms with Crippen molar-refractivity contribution in [2.24, 2.45) is 0 Å². The van der Waals surface area contributed by atoms with Crippen LogP contribution in [0.5, 0.6) is 11.5 Å². The third-order valence-electron chi connectivity index (χ3n) is 1.65. The number of aliphatic hydroxyl groups excluding tert-OH is 1. The average molecular weight is 172 g/mol. The summed E-state index contributed by atoms with van der Waals surface area (Å²) in [6.45, 7) is 1.03. The van der Waals surface area contributed by atoms with Crippen molar-refractivity contribution in [1.82, 2.24) is 0 Å². The summed E-state index contributed by atoms with van der Waals surface area (Å²) in [5, 5.41) is 26.6. The van der Waals surface area contributed by atoms with E-state index < -0.39 is 23.9 Å².